The summed E-state index contributed by atoms with van der Waals surface area (Å²) >= 11 is 0. The molecule has 0 saturated carbocycles. The molecule has 0 saturated heterocycles. The van der Waals surface area contributed by atoms with Gasteiger partial charge in [-0.05, 0) is 6.07 Å². The zero-order valence-electron chi connectivity index (χ0n) is 10.5. The number of oxime groups is 1. The Morgan fingerprint density at radius 2 is 2.37 bits per heavy atom. The van der Waals surface area contributed by atoms with Gasteiger partial charge in [0.25, 0.3) is 10.0 Å². The minimum Gasteiger partial charge on any atom is -0.409 e. The first-order valence-corrected chi connectivity index (χ1v) is 6.91. The average Bonchev–Trinajstić information content (AvgIpc) is 2.92. The number of hydrogen-bond acceptors (Lipinski definition) is 6. The third kappa shape index (κ3) is 4.19. The Balaban J connectivity index is 2.84. The fourth-order valence-corrected chi connectivity index (χ4v) is 2.69. The van der Waals surface area contributed by atoms with E-state index in [0.717, 1.165) is 0 Å². The number of nitrogens with zero attached hydrogens (tertiary/aromatic N) is 3. The smallest absolute Gasteiger partial charge is 0.260 e. The maximum Gasteiger partial charge on any atom is 0.260 e. The van der Waals surface area contributed by atoms with Crippen LogP contribution in [-0.2, 0) is 14.8 Å². The molecule has 1 rings (SSSR count). The van der Waals surface area contributed by atoms with Gasteiger partial charge in [-0.3, -0.25) is 5.10 Å². The van der Waals surface area contributed by atoms with Crippen molar-refractivity contribution in [1.82, 2.24) is 14.5 Å². The van der Waals surface area contributed by atoms with Gasteiger partial charge in [0.1, 0.15) is 5.84 Å². The highest BCUT2D eigenvalue weighted by atomic mass is 32.2. The van der Waals surface area contributed by atoms with Gasteiger partial charge in [0, 0.05) is 26.6 Å². The first-order chi connectivity index (χ1) is 9.02. The number of aromatic nitrogens is 2. The van der Waals surface area contributed by atoms with Crippen LogP contribution in [0.1, 0.15) is 6.42 Å². The minimum atomic E-state index is -3.69. The molecule has 0 amide bonds. The highest BCUT2D eigenvalue weighted by molar-refractivity contribution is 7.89. The molecule has 0 aliphatic heterocycles. The van der Waals surface area contributed by atoms with Gasteiger partial charge in [-0.15, -0.1) is 0 Å². The monoisotopic (exact) mass is 291 g/mol. The summed E-state index contributed by atoms with van der Waals surface area (Å²) in [6.45, 7) is 0.487. The first-order valence-electron chi connectivity index (χ1n) is 5.47. The van der Waals surface area contributed by atoms with Crippen LogP contribution in [0.5, 0.6) is 0 Å². The second-order valence-corrected chi connectivity index (χ2v) is 5.57. The summed E-state index contributed by atoms with van der Waals surface area (Å²) in [7, 11) is -2.21. The zero-order chi connectivity index (χ0) is 14.3. The SMILES string of the molecule is COCCN(CCC(N)=NO)S(=O)(=O)c1ccn[nH]1. The molecule has 9 nitrogen and oxygen atoms in total. The molecule has 1 aromatic heterocycles. The summed E-state index contributed by atoms with van der Waals surface area (Å²) in [5.41, 5.74) is 5.34. The first kappa shape index (κ1) is 15.4. The van der Waals surface area contributed by atoms with Crippen LogP contribution in [0.25, 0.3) is 0 Å². The van der Waals surface area contributed by atoms with Gasteiger partial charge in [0.05, 0.1) is 12.8 Å². The number of rotatable bonds is 8. The Morgan fingerprint density at radius 3 is 2.89 bits per heavy atom. The molecule has 0 aromatic carbocycles. The molecule has 10 heteroatoms. The summed E-state index contributed by atoms with van der Waals surface area (Å²) in [5, 5.41) is 17.3. The standard InChI is InChI=1S/C9H17N5O4S/c1-18-7-6-14(5-3-8(10)13-15)19(16,17)9-2-4-11-12-9/h2,4,15H,3,5-7H2,1H3,(H2,10,13)(H,11,12). The Kier molecular flexibility index (Phi) is 5.73. The summed E-state index contributed by atoms with van der Waals surface area (Å²) in [4.78, 5) is 0. The van der Waals surface area contributed by atoms with Crippen LogP contribution in [0.3, 0.4) is 0 Å². The van der Waals surface area contributed by atoms with Gasteiger partial charge >= 0.3 is 0 Å². The molecular formula is C9H17N5O4S. The second-order valence-electron chi connectivity index (χ2n) is 3.66. The van der Waals surface area contributed by atoms with E-state index in [1.54, 1.807) is 0 Å². The van der Waals surface area contributed by atoms with E-state index < -0.39 is 10.0 Å². The van der Waals surface area contributed by atoms with Crippen molar-refractivity contribution in [1.29, 1.82) is 0 Å². The van der Waals surface area contributed by atoms with Crippen LogP contribution >= 0.6 is 0 Å². The Morgan fingerprint density at radius 1 is 1.63 bits per heavy atom. The number of sulfonamides is 1. The van der Waals surface area contributed by atoms with Crippen molar-refractivity contribution in [3.8, 4) is 0 Å². The van der Waals surface area contributed by atoms with Crippen LogP contribution in [0.15, 0.2) is 22.4 Å². The summed E-state index contributed by atoms with van der Waals surface area (Å²) < 4.78 is 30.6. The predicted octanol–water partition coefficient (Wildman–Crippen LogP) is -0.817. The van der Waals surface area contributed by atoms with Crippen molar-refractivity contribution < 1.29 is 18.4 Å². The van der Waals surface area contributed by atoms with Gasteiger partial charge in [0.15, 0.2) is 5.03 Å². The van der Waals surface area contributed by atoms with E-state index in [4.69, 9.17) is 15.7 Å². The van der Waals surface area contributed by atoms with Crippen molar-refractivity contribution >= 4 is 15.9 Å². The summed E-state index contributed by atoms with van der Waals surface area (Å²) in [6.07, 6.45) is 1.47. The van der Waals surface area contributed by atoms with Crippen LogP contribution in [0, 0.1) is 0 Å². The number of hydrogen-bond donors (Lipinski definition) is 3. The van der Waals surface area contributed by atoms with E-state index in [1.165, 1.54) is 23.7 Å². The fraction of sp³-hybridized carbons (Fsp3) is 0.556. The van der Waals surface area contributed by atoms with E-state index in [-0.39, 0.29) is 37.0 Å². The van der Waals surface area contributed by atoms with Crippen molar-refractivity contribution in [3.63, 3.8) is 0 Å². The molecule has 0 atom stereocenters. The van der Waals surface area contributed by atoms with Crippen LogP contribution in [-0.4, -0.2) is 60.8 Å². The lowest BCUT2D eigenvalue weighted by molar-refractivity contribution is 0.179. The molecule has 0 unspecified atom stereocenters. The van der Waals surface area contributed by atoms with Gasteiger partial charge in [0.2, 0.25) is 0 Å². The third-order valence-electron chi connectivity index (χ3n) is 2.38. The van der Waals surface area contributed by atoms with Crippen LogP contribution < -0.4 is 5.73 Å². The largest absolute Gasteiger partial charge is 0.409 e. The van der Waals surface area contributed by atoms with Gasteiger partial charge in [-0.2, -0.15) is 9.40 Å². The van der Waals surface area contributed by atoms with E-state index in [2.05, 4.69) is 15.4 Å². The summed E-state index contributed by atoms with van der Waals surface area (Å²) in [5.74, 6) is -0.0396. The van der Waals surface area contributed by atoms with Crippen molar-refractivity contribution in [2.45, 2.75) is 11.4 Å². The Hall–Kier alpha value is -1.65. The third-order valence-corrected chi connectivity index (χ3v) is 4.21. The molecule has 108 valence electrons. The zero-order valence-corrected chi connectivity index (χ0v) is 11.3. The fourth-order valence-electron chi connectivity index (χ4n) is 1.36. The molecule has 1 heterocycles. The van der Waals surface area contributed by atoms with Crippen molar-refractivity contribution in [2.75, 3.05) is 26.8 Å². The molecule has 0 bridgehead atoms. The van der Waals surface area contributed by atoms with Gasteiger partial charge in [-0.1, -0.05) is 5.16 Å². The number of aromatic amines is 1. The lowest BCUT2D eigenvalue weighted by atomic mass is 10.4. The Bertz CT molecular complexity index is 499. The molecule has 0 fully saturated rings. The average molecular weight is 291 g/mol. The number of methoxy groups -OCH3 is 1. The van der Waals surface area contributed by atoms with E-state index >= 15 is 0 Å². The number of nitrogens with one attached hydrogen (secondary N) is 1. The van der Waals surface area contributed by atoms with Crippen LogP contribution in [0.2, 0.25) is 0 Å². The predicted molar refractivity (Wildman–Crippen MR) is 67.2 cm³/mol. The van der Waals surface area contributed by atoms with E-state index in [1.807, 2.05) is 0 Å². The molecular weight excluding hydrogens is 274 g/mol. The number of H-pyrrole nitrogens is 1. The number of ether oxygens (including phenoxy) is 1. The molecule has 4 N–H and O–H groups in total. The Labute approximate surface area is 111 Å². The van der Waals surface area contributed by atoms with Crippen molar-refractivity contribution in [3.05, 3.63) is 12.3 Å². The van der Waals surface area contributed by atoms with E-state index in [9.17, 15) is 8.42 Å². The maximum absolute atomic E-state index is 12.3. The van der Waals surface area contributed by atoms with Gasteiger partial charge in [-0.25, -0.2) is 8.42 Å². The number of amidine groups is 1. The molecule has 0 aliphatic carbocycles. The summed E-state index contributed by atoms with van der Waals surface area (Å²) in [6, 6.07) is 1.36. The topological polar surface area (TPSA) is 134 Å². The molecule has 1 aromatic rings. The minimum absolute atomic E-state index is 0.0110. The lowest BCUT2D eigenvalue weighted by Crippen LogP contribution is -2.36. The molecule has 0 spiro atoms. The normalized spacial score (nSPS) is 13.1. The molecule has 19 heavy (non-hydrogen) atoms. The number of nitrogens with two attached hydrogens (primary N) is 1. The van der Waals surface area contributed by atoms with Crippen molar-refractivity contribution in [2.24, 2.45) is 10.9 Å². The highest BCUT2D eigenvalue weighted by Gasteiger charge is 2.25. The highest BCUT2D eigenvalue weighted by Crippen LogP contribution is 2.12. The van der Waals surface area contributed by atoms with Gasteiger partial charge < -0.3 is 15.7 Å². The van der Waals surface area contributed by atoms with Crippen LogP contribution in [0.4, 0.5) is 0 Å². The molecule has 0 aliphatic rings. The maximum atomic E-state index is 12.3. The molecule has 0 radical (unpaired) electrons. The second kappa shape index (κ2) is 7.07. The lowest BCUT2D eigenvalue weighted by Gasteiger charge is -2.20. The quantitative estimate of drug-likeness (QED) is 0.248. The van der Waals surface area contributed by atoms with E-state index in [0.29, 0.717) is 0 Å².